The second kappa shape index (κ2) is 5.65. The fourth-order valence-electron chi connectivity index (χ4n) is 1.16. The van der Waals surface area contributed by atoms with Crippen LogP contribution in [0.5, 0.6) is 0 Å². The van der Waals surface area contributed by atoms with Gasteiger partial charge in [0.1, 0.15) is 11.7 Å². The van der Waals surface area contributed by atoms with Gasteiger partial charge in [0.25, 0.3) is 11.9 Å². The van der Waals surface area contributed by atoms with Crippen LogP contribution in [-0.2, 0) is 9.53 Å². The first-order chi connectivity index (χ1) is 8.38. The lowest BCUT2D eigenvalue weighted by Crippen LogP contribution is -2.29. The number of nitrogens with zero attached hydrogens (tertiary/aromatic N) is 1. The van der Waals surface area contributed by atoms with Gasteiger partial charge in [0.2, 0.25) is 11.6 Å². The van der Waals surface area contributed by atoms with E-state index in [-0.39, 0.29) is 6.61 Å². The largest absolute Gasteiger partial charge is 0.464 e. The molecule has 0 bridgehead atoms. The van der Waals surface area contributed by atoms with Crippen LogP contribution >= 0.6 is 0 Å². The van der Waals surface area contributed by atoms with Gasteiger partial charge in [-0.1, -0.05) is 0 Å². The maximum Gasteiger partial charge on any atom is 0.328 e. The minimum absolute atomic E-state index is 0.0644. The monoisotopic (exact) mass is 266 g/mol. The van der Waals surface area contributed by atoms with Crippen LogP contribution in [0, 0.1) is 23.5 Å². The van der Waals surface area contributed by atoms with Gasteiger partial charge in [0, 0.05) is 0 Å². The Hall–Kier alpha value is -1.86. The topological polar surface area (TPSA) is 51.2 Å². The average molecular weight is 266 g/mol. The quantitative estimate of drug-likeness (QED) is 0.514. The van der Waals surface area contributed by atoms with Crippen molar-refractivity contribution < 1.29 is 27.1 Å². The smallest absolute Gasteiger partial charge is 0.328 e. The second-order valence-corrected chi connectivity index (χ2v) is 3.31. The number of rotatable bonds is 4. The van der Waals surface area contributed by atoms with Crippen molar-refractivity contribution in [1.82, 2.24) is 4.98 Å². The maximum absolute atomic E-state index is 13.2. The number of carbonyl (C=O) groups excluding carboxylic acids is 1. The molecule has 0 saturated heterocycles. The van der Waals surface area contributed by atoms with Crippen molar-refractivity contribution in [3.8, 4) is 0 Å². The van der Waals surface area contributed by atoms with Crippen LogP contribution in [0.1, 0.15) is 13.8 Å². The highest BCUT2D eigenvalue weighted by Crippen LogP contribution is 2.22. The summed E-state index contributed by atoms with van der Waals surface area (Å²) < 4.78 is 56.5. The zero-order chi connectivity index (χ0) is 13.9. The van der Waals surface area contributed by atoms with Crippen LogP contribution in [0.4, 0.5) is 23.2 Å². The van der Waals surface area contributed by atoms with Gasteiger partial charge in [-0.3, -0.25) is 0 Å². The third-order valence-electron chi connectivity index (χ3n) is 2.00. The van der Waals surface area contributed by atoms with Crippen molar-refractivity contribution in [3.63, 3.8) is 0 Å². The Bertz CT molecular complexity index is 441. The van der Waals surface area contributed by atoms with Crippen molar-refractivity contribution in [2.45, 2.75) is 19.9 Å². The molecule has 0 fully saturated rings. The minimum atomic E-state index is -1.80. The Morgan fingerprint density at radius 2 is 1.78 bits per heavy atom. The number of pyridine rings is 1. The van der Waals surface area contributed by atoms with Gasteiger partial charge < -0.3 is 10.1 Å². The van der Waals surface area contributed by atoms with Gasteiger partial charge >= 0.3 is 5.97 Å². The van der Waals surface area contributed by atoms with Crippen molar-refractivity contribution in [1.29, 1.82) is 0 Å². The molecule has 0 saturated carbocycles. The average Bonchev–Trinajstić information content (AvgIpc) is 2.32. The van der Waals surface area contributed by atoms with Crippen molar-refractivity contribution in [3.05, 3.63) is 23.5 Å². The van der Waals surface area contributed by atoms with E-state index in [2.05, 4.69) is 9.72 Å². The van der Waals surface area contributed by atoms with Gasteiger partial charge in [-0.25, -0.2) is 4.79 Å². The lowest BCUT2D eigenvalue weighted by atomic mass is 10.3. The van der Waals surface area contributed by atoms with Crippen molar-refractivity contribution >= 4 is 11.7 Å². The maximum atomic E-state index is 13.2. The molecule has 1 atom stereocenters. The van der Waals surface area contributed by atoms with E-state index in [0.717, 1.165) is 0 Å². The number of esters is 1. The van der Waals surface area contributed by atoms with Gasteiger partial charge in [-0.15, -0.1) is 0 Å². The molecule has 8 heteroatoms. The summed E-state index contributed by atoms with van der Waals surface area (Å²) in [5, 5.41) is 2.00. The zero-order valence-electron chi connectivity index (χ0n) is 9.56. The molecule has 100 valence electrons. The molecule has 0 spiro atoms. The molecular formula is C10H10F4N2O2. The highest BCUT2D eigenvalue weighted by molar-refractivity contribution is 5.78. The Kier molecular flexibility index (Phi) is 4.46. The first-order valence-electron chi connectivity index (χ1n) is 5.01. The van der Waals surface area contributed by atoms with E-state index in [9.17, 15) is 22.4 Å². The Morgan fingerprint density at radius 3 is 2.22 bits per heavy atom. The van der Waals surface area contributed by atoms with E-state index in [4.69, 9.17) is 0 Å². The summed E-state index contributed by atoms with van der Waals surface area (Å²) in [7, 11) is 0. The molecule has 18 heavy (non-hydrogen) atoms. The number of ether oxygens (including phenoxy) is 1. The molecular weight excluding hydrogens is 256 g/mol. The summed E-state index contributed by atoms with van der Waals surface area (Å²) in [4.78, 5) is 13.6. The number of aromatic nitrogens is 1. The van der Waals surface area contributed by atoms with Crippen LogP contribution in [0.25, 0.3) is 0 Å². The second-order valence-electron chi connectivity index (χ2n) is 3.31. The molecule has 1 unspecified atom stereocenters. The molecule has 1 aromatic heterocycles. The predicted molar refractivity (Wildman–Crippen MR) is 53.8 cm³/mol. The molecule has 0 aliphatic carbocycles. The number of carbonyl (C=O) groups is 1. The highest BCUT2D eigenvalue weighted by atomic mass is 19.2. The van der Waals surface area contributed by atoms with E-state index >= 15 is 0 Å². The molecule has 0 aliphatic rings. The van der Waals surface area contributed by atoms with Crippen LogP contribution in [-0.4, -0.2) is 23.6 Å². The van der Waals surface area contributed by atoms with Gasteiger partial charge in [0.05, 0.1) is 6.61 Å². The Morgan fingerprint density at radius 1 is 1.28 bits per heavy atom. The summed E-state index contributed by atoms with van der Waals surface area (Å²) >= 11 is 0. The fourth-order valence-corrected chi connectivity index (χ4v) is 1.16. The summed E-state index contributed by atoms with van der Waals surface area (Å²) in [6.07, 6.45) is 0. The van der Waals surface area contributed by atoms with Crippen LogP contribution in [0.2, 0.25) is 0 Å². The first-order valence-corrected chi connectivity index (χ1v) is 5.01. The standard InChI is InChI=1S/C10H10F4N2O2/c1-3-18-10(17)4(2)15-7-5(11)8(13)16-9(14)6(7)12/h4H,3H2,1-2H3,(H,15,16). The third-order valence-corrected chi connectivity index (χ3v) is 2.00. The van der Waals surface area contributed by atoms with E-state index in [1.165, 1.54) is 13.8 Å². The van der Waals surface area contributed by atoms with E-state index in [1.54, 1.807) is 0 Å². The van der Waals surface area contributed by atoms with Crippen LogP contribution < -0.4 is 5.32 Å². The number of hydrogen-bond donors (Lipinski definition) is 1. The van der Waals surface area contributed by atoms with E-state index in [1.807, 2.05) is 5.32 Å². The van der Waals surface area contributed by atoms with Crippen molar-refractivity contribution in [2.24, 2.45) is 0 Å². The van der Waals surface area contributed by atoms with Gasteiger partial charge in [0.15, 0.2) is 0 Å². The van der Waals surface area contributed by atoms with Gasteiger partial charge in [-0.05, 0) is 13.8 Å². The Labute approximate surface area is 100.0 Å². The van der Waals surface area contributed by atoms with Crippen molar-refractivity contribution in [2.75, 3.05) is 11.9 Å². The molecule has 0 radical (unpaired) electrons. The summed E-state index contributed by atoms with van der Waals surface area (Å²) in [6.45, 7) is 2.83. The van der Waals surface area contributed by atoms with E-state index in [0.29, 0.717) is 0 Å². The molecule has 4 nitrogen and oxygen atoms in total. The SMILES string of the molecule is CCOC(=O)C(C)Nc1c(F)c(F)nc(F)c1F. The normalized spacial score (nSPS) is 12.1. The van der Waals surface area contributed by atoms with E-state index < -0.39 is 41.2 Å². The van der Waals surface area contributed by atoms with Crippen LogP contribution in [0.3, 0.4) is 0 Å². The predicted octanol–water partition coefficient (Wildman–Crippen LogP) is 2.00. The summed E-state index contributed by atoms with van der Waals surface area (Å²) in [6, 6.07) is -1.17. The number of nitrogens with one attached hydrogen (secondary N) is 1. The number of anilines is 1. The molecule has 1 rings (SSSR count). The molecule has 1 N–H and O–H groups in total. The lowest BCUT2D eigenvalue weighted by Gasteiger charge is -2.15. The summed E-state index contributed by atoms with van der Waals surface area (Å²) in [5.41, 5.74) is -1.10. The zero-order valence-corrected chi connectivity index (χ0v) is 9.56. The first kappa shape index (κ1) is 14.2. The molecule has 0 aromatic carbocycles. The van der Waals surface area contributed by atoms with Crippen LogP contribution in [0.15, 0.2) is 0 Å². The fraction of sp³-hybridized carbons (Fsp3) is 0.400. The number of halogens is 4. The molecule has 0 amide bonds. The highest BCUT2D eigenvalue weighted by Gasteiger charge is 2.24. The van der Waals surface area contributed by atoms with Gasteiger partial charge in [-0.2, -0.15) is 22.5 Å². The summed E-state index contributed by atoms with van der Waals surface area (Å²) in [5.74, 6) is -7.82. The molecule has 0 aliphatic heterocycles. The molecule has 1 heterocycles. The third kappa shape index (κ3) is 2.88. The lowest BCUT2D eigenvalue weighted by molar-refractivity contribution is -0.143. The molecule has 1 aromatic rings. The number of hydrogen-bond acceptors (Lipinski definition) is 4. The minimum Gasteiger partial charge on any atom is -0.464 e. The Balaban J connectivity index is 3.00.